The van der Waals surface area contributed by atoms with Gasteiger partial charge in [0.1, 0.15) is 6.29 Å². The summed E-state index contributed by atoms with van der Waals surface area (Å²) in [7, 11) is 1.77. The van der Waals surface area contributed by atoms with Gasteiger partial charge >= 0.3 is 0 Å². The van der Waals surface area contributed by atoms with Gasteiger partial charge in [-0.05, 0) is 31.7 Å². The molecule has 0 spiro atoms. The highest BCUT2D eigenvalue weighted by Crippen LogP contribution is 2.37. The quantitative estimate of drug-likeness (QED) is 0.667. The molecule has 0 bridgehead atoms. The minimum absolute atomic E-state index is 0.0119. The Hall–Kier alpha value is -0.410. The molecule has 1 atom stereocenters. The van der Waals surface area contributed by atoms with Gasteiger partial charge in [-0.15, -0.1) is 0 Å². The Labute approximate surface area is 98.1 Å². The molecule has 1 aliphatic carbocycles. The van der Waals surface area contributed by atoms with Crippen LogP contribution in [0.25, 0.3) is 0 Å². The zero-order valence-corrected chi connectivity index (χ0v) is 10.3. The lowest BCUT2D eigenvalue weighted by molar-refractivity contribution is -0.116. The molecule has 0 radical (unpaired) electrons. The van der Waals surface area contributed by atoms with E-state index in [0.29, 0.717) is 5.92 Å². The first-order chi connectivity index (χ1) is 7.78. The van der Waals surface area contributed by atoms with Crippen LogP contribution < -0.4 is 0 Å². The molecular formula is C13H23NO2. The Bertz CT molecular complexity index is 236. The van der Waals surface area contributed by atoms with E-state index in [-0.39, 0.29) is 5.41 Å². The maximum absolute atomic E-state index is 11.3. The maximum Gasteiger partial charge on any atom is 0.127 e. The summed E-state index contributed by atoms with van der Waals surface area (Å²) >= 11 is 0. The molecule has 2 fully saturated rings. The lowest BCUT2D eigenvalue weighted by Crippen LogP contribution is -2.36. The van der Waals surface area contributed by atoms with Crippen molar-refractivity contribution in [1.29, 1.82) is 0 Å². The molecule has 2 aliphatic rings. The van der Waals surface area contributed by atoms with Crippen LogP contribution in [0, 0.1) is 11.3 Å². The van der Waals surface area contributed by atoms with Crippen molar-refractivity contribution in [2.45, 2.75) is 32.1 Å². The Morgan fingerprint density at radius 2 is 2.19 bits per heavy atom. The molecule has 1 saturated heterocycles. The van der Waals surface area contributed by atoms with Crippen LogP contribution in [0.3, 0.4) is 0 Å². The van der Waals surface area contributed by atoms with Gasteiger partial charge in [-0.2, -0.15) is 0 Å². The van der Waals surface area contributed by atoms with Gasteiger partial charge in [-0.1, -0.05) is 12.8 Å². The molecule has 3 heteroatoms. The molecule has 0 aromatic rings. The highest BCUT2D eigenvalue weighted by molar-refractivity contribution is 5.60. The summed E-state index contributed by atoms with van der Waals surface area (Å²) in [6.45, 7) is 4.11. The van der Waals surface area contributed by atoms with Crippen LogP contribution in [0.2, 0.25) is 0 Å². The summed E-state index contributed by atoms with van der Waals surface area (Å²) in [6.07, 6.45) is 7.11. The molecule has 0 N–H and O–H groups in total. The third-order valence-corrected chi connectivity index (χ3v) is 4.16. The number of likely N-dealkylation sites (tertiary alicyclic amines) is 1. The summed E-state index contributed by atoms with van der Waals surface area (Å²) in [6, 6.07) is 0. The van der Waals surface area contributed by atoms with Gasteiger partial charge in [-0.25, -0.2) is 0 Å². The summed E-state index contributed by atoms with van der Waals surface area (Å²) in [5.74, 6) is 0.676. The van der Waals surface area contributed by atoms with Crippen LogP contribution in [0.5, 0.6) is 0 Å². The van der Waals surface area contributed by atoms with Crippen LogP contribution in [-0.2, 0) is 9.53 Å². The summed E-state index contributed by atoms with van der Waals surface area (Å²) in [5.41, 5.74) is -0.0119. The lowest BCUT2D eigenvalue weighted by atomic mass is 9.87. The smallest absolute Gasteiger partial charge is 0.127 e. The number of rotatable bonds is 5. The maximum atomic E-state index is 11.3. The minimum atomic E-state index is -0.0119. The first kappa shape index (κ1) is 12.1. The number of carbonyl (C=O) groups is 1. The van der Waals surface area contributed by atoms with Crippen LogP contribution in [-0.4, -0.2) is 44.5 Å². The summed E-state index contributed by atoms with van der Waals surface area (Å²) < 4.78 is 5.20. The highest BCUT2D eigenvalue weighted by atomic mass is 16.5. The first-order valence-corrected chi connectivity index (χ1v) is 6.46. The van der Waals surface area contributed by atoms with Gasteiger partial charge in [0.2, 0.25) is 0 Å². The SMILES string of the molecule is COCC1CCN(CC2(C=O)CCCC2)C1. The van der Waals surface area contributed by atoms with Crippen molar-refractivity contribution < 1.29 is 9.53 Å². The van der Waals surface area contributed by atoms with Crippen LogP contribution in [0.4, 0.5) is 0 Å². The van der Waals surface area contributed by atoms with E-state index in [2.05, 4.69) is 4.90 Å². The van der Waals surface area contributed by atoms with Crippen molar-refractivity contribution in [3.05, 3.63) is 0 Å². The van der Waals surface area contributed by atoms with Gasteiger partial charge in [0.15, 0.2) is 0 Å². The van der Waals surface area contributed by atoms with E-state index in [4.69, 9.17) is 4.74 Å². The van der Waals surface area contributed by atoms with E-state index in [1.165, 1.54) is 25.5 Å². The largest absolute Gasteiger partial charge is 0.384 e. The molecule has 1 unspecified atom stereocenters. The number of hydrogen-bond acceptors (Lipinski definition) is 3. The molecule has 2 rings (SSSR count). The van der Waals surface area contributed by atoms with Crippen molar-refractivity contribution in [2.75, 3.05) is 33.4 Å². The van der Waals surface area contributed by atoms with Crippen molar-refractivity contribution >= 4 is 6.29 Å². The first-order valence-electron chi connectivity index (χ1n) is 6.46. The second-order valence-corrected chi connectivity index (χ2v) is 5.53. The predicted octanol–water partition coefficient (Wildman–Crippen LogP) is 1.71. The average molecular weight is 225 g/mol. The second kappa shape index (κ2) is 5.28. The van der Waals surface area contributed by atoms with E-state index in [1.807, 2.05) is 0 Å². The molecule has 3 nitrogen and oxygen atoms in total. The molecule has 1 aliphatic heterocycles. The normalized spacial score (nSPS) is 29.7. The standard InChI is InChI=1S/C13H23NO2/c1-16-9-12-4-7-14(8-12)10-13(11-15)5-2-3-6-13/h11-12H,2-10H2,1H3. The van der Waals surface area contributed by atoms with Crippen LogP contribution in [0.15, 0.2) is 0 Å². The second-order valence-electron chi connectivity index (χ2n) is 5.53. The summed E-state index contributed by atoms with van der Waals surface area (Å²) in [5, 5.41) is 0. The zero-order chi connectivity index (χ0) is 11.4. The molecule has 0 amide bonds. The molecule has 0 aromatic carbocycles. The zero-order valence-electron chi connectivity index (χ0n) is 10.3. The molecule has 92 valence electrons. The fourth-order valence-corrected chi connectivity index (χ4v) is 3.27. The molecule has 16 heavy (non-hydrogen) atoms. The van der Waals surface area contributed by atoms with Crippen molar-refractivity contribution in [2.24, 2.45) is 11.3 Å². The number of methoxy groups -OCH3 is 1. The molecule has 1 saturated carbocycles. The lowest BCUT2D eigenvalue weighted by Gasteiger charge is -2.28. The Kier molecular flexibility index (Phi) is 3.98. The number of hydrogen-bond donors (Lipinski definition) is 0. The molecular weight excluding hydrogens is 202 g/mol. The Morgan fingerprint density at radius 1 is 1.44 bits per heavy atom. The molecule has 1 heterocycles. The number of nitrogens with zero attached hydrogens (tertiary/aromatic N) is 1. The fraction of sp³-hybridized carbons (Fsp3) is 0.923. The monoisotopic (exact) mass is 225 g/mol. The van der Waals surface area contributed by atoms with Crippen molar-refractivity contribution in [3.63, 3.8) is 0 Å². The number of carbonyl (C=O) groups excluding carboxylic acids is 1. The molecule has 0 aromatic heterocycles. The van der Waals surface area contributed by atoms with Gasteiger partial charge in [0, 0.05) is 25.6 Å². The minimum Gasteiger partial charge on any atom is -0.384 e. The number of aldehydes is 1. The Balaban J connectivity index is 1.83. The van der Waals surface area contributed by atoms with Crippen molar-refractivity contribution in [3.8, 4) is 0 Å². The van der Waals surface area contributed by atoms with Gasteiger partial charge in [0.05, 0.1) is 6.61 Å². The van der Waals surface area contributed by atoms with E-state index < -0.39 is 0 Å². The predicted molar refractivity (Wildman–Crippen MR) is 63.4 cm³/mol. The third kappa shape index (κ3) is 2.64. The Morgan fingerprint density at radius 3 is 2.81 bits per heavy atom. The number of ether oxygens (including phenoxy) is 1. The summed E-state index contributed by atoms with van der Waals surface area (Å²) in [4.78, 5) is 13.7. The van der Waals surface area contributed by atoms with E-state index in [0.717, 1.165) is 39.1 Å². The topological polar surface area (TPSA) is 29.5 Å². The van der Waals surface area contributed by atoms with Gasteiger partial charge < -0.3 is 14.4 Å². The van der Waals surface area contributed by atoms with E-state index in [9.17, 15) is 4.79 Å². The van der Waals surface area contributed by atoms with Crippen molar-refractivity contribution in [1.82, 2.24) is 4.90 Å². The van der Waals surface area contributed by atoms with Gasteiger partial charge in [0.25, 0.3) is 0 Å². The average Bonchev–Trinajstić information content (AvgIpc) is 2.90. The van der Waals surface area contributed by atoms with Crippen LogP contribution in [0.1, 0.15) is 32.1 Å². The van der Waals surface area contributed by atoms with E-state index in [1.54, 1.807) is 7.11 Å². The fourth-order valence-electron chi connectivity index (χ4n) is 3.27. The van der Waals surface area contributed by atoms with Crippen LogP contribution >= 0.6 is 0 Å². The third-order valence-electron chi connectivity index (χ3n) is 4.16. The highest BCUT2D eigenvalue weighted by Gasteiger charge is 2.37. The van der Waals surface area contributed by atoms with Gasteiger partial charge in [-0.3, -0.25) is 0 Å². The van der Waals surface area contributed by atoms with E-state index >= 15 is 0 Å².